The Morgan fingerprint density at radius 2 is 1.50 bits per heavy atom. The van der Waals surface area contributed by atoms with Crippen LogP contribution in [0.4, 0.5) is 0 Å². The van der Waals surface area contributed by atoms with Gasteiger partial charge in [-0.15, -0.1) is 0 Å². The van der Waals surface area contributed by atoms with Crippen molar-refractivity contribution in [3.8, 4) is 0 Å². The van der Waals surface area contributed by atoms with Crippen LogP contribution in [0.25, 0.3) is 21.7 Å². The molecule has 0 N–H and O–H groups in total. The highest BCUT2D eigenvalue weighted by Crippen LogP contribution is 2.22. The van der Waals surface area contributed by atoms with Crippen molar-refractivity contribution in [1.82, 2.24) is 9.47 Å². The van der Waals surface area contributed by atoms with E-state index in [1.807, 2.05) is 41.0 Å². The lowest BCUT2D eigenvalue weighted by Crippen LogP contribution is -2.37. The predicted molar refractivity (Wildman–Crippen MR) is 97.6 cm³/mol. The summed E-state index contributed by atoms with van der Waals surface area (Å²) in [6.07, 6.45) is 0.974. The van der Waals surface area contributed by atoms with Crippen LogP contribution in [0.15, 0.2) is 53.3 Å². The molecule has 1 aromatic heterocycles. The van der Waals surface area contributed by atoms with Gasteiger partial charge >= 0.3 is 0 Å². The molecule has 4 rings (SSSR count). The van der Waals surface area contributed by atoms with Crippen LogP contribution in [0, 0.1) is 0 Å². The number of fused-ring (bicyclic) bond motifs is 3. The highest BCUT2D eigenvalue weighted by molar-refractivity contribution is 6.05. The molecule has 0 aliphatic carbocycles. The molecule has 0 radical (unpaired) electrons. The lowest BCUT2D eigenvalue weighted by atomic mass is 10.1. The molecule has 4 nitrogen and oxygen atoms in total. The monoisotopic (exact) mass is 322 g/mol. The fourth-order valence-electron chi connectivity index (χ4n) is 3.60. The van der Waals surface area contributed by atoms with E-state index in [1.165, 1.54) is 0 Å². The smallest absolute Gasteiger partial charge is 0.258 e. The number of aryl methyl sites for hydroxylation is 1. The highest BCUT2D eigenvalue weighted by atomic mass is 16.5. The van der Waals surface area contributed by atoms with Crippen molar-refractivity contribution >= 4 is 21.7 Å². The van der Waals surface area contributed by atoms with Crippen LogP contribution in [0.2, 0.25) is 0 Å². The number of morpholine rings is 1. The quantitative estimate of drug-likeness (QED) is 0.693. The van der Waals surface area contributed by atoms with Gasteiger partial charge in [-0.2, -0.15) is 0 Å². The molecule has 124 valence electrons. The minimum Gasteiger partial charge on any atom is -0.379 e. The van der Waals surface area contributed by atoms with Gasteiger partial charge in [0.1, 0.15) is 0 Å². The number of aromatic nitrogens is 1. The fourth-order valence-corrected chi connectivity index (χ4v) is 3.60. The third-order valence-electron chi connectivity index (χ3n) is 4.85. The van der Waals surface area contributed by atoms with E-state index in [1.54, 1.807) is 0 Å². The molecule has 1 aliphatic rings. The maximum atomic E-state index is 13.0. The topological polar surface area (TPSA) is 34.5 Å². The second-order valence-electron chi connectivity index (χ2n) is 6.33. The molecule has 0 amide bonds. The van der Waals surface area contributed by atoms with Crippen molar-refractivity contribution in [3.63, 3.8) is 0 Å². The average molecular weight is 322 g/mol. The maximum Gasteiger partial charge on any atom is 0.258 e. The van der Waals surface area contributed by atoms with E-state index >= 15 is 0 Å². The standard InChI is InChI=1S/C20H22N2O2/c23-20-18-8-2-1-6-16(18)17-7-3-4-9-19(17)22(20)11-5-10-21-12-14-24-15-13-21/h1-4,6-9H,5,10-15H2. The Morgan fingerprint density at radius 3 is 2.29 bits per heavy atom. The summed E-state index contributed by atoms with van der Waals surface area (Å²) in [7, 11) is 0. The molecular weight excluding hydrogens is 300 g/mol. The number of pyridine rings is 1. The number of hydrogen-bond acceptors (Lipinski definition) is 3. The molecule has 0 atom stereocenters. The number of benzene rings is 2. The van der Waals surface area contributed by atoms with E-state index in [0.29, 0.717) is 0 Å². The Bertz CT molecular complexity index is 910. The minimum absolute atomic E-state index is 0.117. The molecular formula is C20H22N2O2. The van der Waals surface area contributed by atoms with Crippen LogP contribution in [0.1, 0.15) is 6.42 Å². The predicted octanol–water partition coefficient (Wildman–Crippen LogP) is 2.88. The van der Waals surface area contributed by atoms with Crippen LogP contribution >= 0.6 is 0 Å². The molecule has 0 spiro atoms. The van der Waals surface area contributed by atoms with Crippen molar-refractivity contribution < 1.29 is 4.74 Å². The van der Waals surface area contributed by atoms with Crippen molar-refractivity contribution in [2.75, 3.05) is 32.8 Å². The minimum atomic E-state index is 0.117. The van der Waals surface area contributed by atoms with Gasteiger partial charge in [0.05, 0.1) is 18.7 Å². The van der Waals surface area contributed by atoms with Gasteiger partial charge in [0.25, 0.3) is 5.56 Å². The van der Waals surface area contributed by atoms with E-state index in [4.69, 9.17) is 4.74 Å². The largest absolute Gasteiger partial charge is 0.379 e. The Hall–Kier alpha value is -2.17. The van der Waals surface area contributed by atoms with E-state index in [-0.39, 0.29) is 5.56 Å². The van der Waals surface area contributed by atoms with Crippen LogP contribution in [-0.2, 0) is 11.3 Å². The summed E-state index contributed by atoms with van der Waals surface area (Å²) in [5, 5.41) is 3.00. The lowest BCUT2D eigenvalue weighted by Gasteiger charge is -2.26. The molecule has 2 heterocycles. The lowest BCUT2D eigenvalue weighted by molar-refractivity contribution is 0.0369. The Kier molecular flexibility index (Phi) is 4.32. The molecule has 2 aromatic carbocycles. The second-order valence-corrected chi connectivity index (χ2v) is 6.33. The maximum absolute atomic E-state index is 13.0. The molecule has 0 unspecified atom stereocenters. The summed E-state index contributed by atoms with van der Waals surface area (Å²) in [6.45, 7) is 5.39. The van der Waals surface area contributed by atoms with Gasteiger partial charge in [-0.25, -0.2) is 0 Å². The summed E-state index contributed by atoms with van der Waals surface area (Å²) < 4.78 is 7.33. The second kappa shape index (κ2) is 6.75. The van der Waals surface area contributed by atoms with E-state index in [2.05, 4.69) is 17.0 Å². The number of para-hydroxylation sites is 1. The zero-order chi connectivity index (χ0) is 16.4. The first-order valence-electron chi connectivity index (χ1n) is 8.65. The Balaban J connectivity index is 1.68. The number of nitrogens with zero attached hydrogens (tertiary/aromatic N) is 2. The van der Waals surface area contributed by atoms with Crippen LogP contribution < -0.4 is 5.56 Å². The van der Waals surface area contributed by atoms with Gasteiger partial charge < -0.3 is 9.30 Å². The van der Waals surface area contributed by atoms with E-state index in [9.17, 15) is 4.79 Å². The first-order chi connectivity index (χ1) is 11.8. The van der Waals surface area contributed by atoms with Crippen molar-refractivity contribution in [1.29, 1.82) is 0 Å². The Morgan fingerprint density at radius 1 is 0.833 bits per heavy atom. The van der Waals surface area contributed by atoms with Gasteiger partial charge in [0.2, 0.25) is 0 Å². The first kappa shape index (κ1) is 15.4. The summed E-state index contributed by atoms with van der Waals surface area (Å²) >= 11 is 0. The molecule has 3 aromatic rings. The summed E-state index contributed by atoms with van der Waals surface area (Å²) in [5.74, 6) is 0. The summed E-state index contributed by atoms with van der Waals surface area (Å²) in [5.41, 5.74) is 1.15. The van der Waals surface area contributed by atoms with Crippen molar-refractivity contribution in [3.05, 3.63) is 58.9 Å². The third-order valence-corrected chi connectivity index (χ3v) is 4.85. The zero-order valence-corrected chi connectivity index (χ0v) is 13.8. The van der Waals surface area contributed by atoms with Gasteiger partial charge in [0.15, 0.2) is 0 Å². The zero-order valence-electron chi connectivity index (χ0n) is 13.8. The molecule has 0 saturated carbocycles. The molecule has 4 heteroatoms. The number of hydrogen-bond donors (Lipinski definition) is 0. The van der Waals surface area contributed by atoms with Gasteiger partial charge in [-0.05, 0) is 23.9 Å². The fraction of sp³-hybridized carbons (Fsp3) is 0.350. The first-order valence-corrected chi connectivity index (χ1v) is 8.65. The normalized spacial score (nSPS) is 16.0. The van der Waals surface area contributed by atoms with Gasteiger partial charge in [-0.1, -0.05) is 36.4 Å². The molecule has 24 heavy (non-hydrogen) atoms. The summed E-state index contributed by atoms with van der Waals surface area (Å²) in [6, 6.07) is 16.1. The number of ether oxygens (including phenoxy) is 1. The summed E-state index contributed by atoms with van der Waals surface area (Å²) in [4.78, 5) is 15.4. The Labute approximate surface area is 141 Å². The van der Waals surface area contributed by atoms with Crippen LogP contribution in [0.5, 0.6) is 0 Å². The molecule has 1 aliphatic heterocycles. The molecule has 1 saturated heterocycles. The van der Waals surface area contributed by atoms with Crippen molar-refractivity contribution in [2.24, 2.45) is 0 Å². The van der Waals surface area contributed by atoms with E-state index < -0.39 is 0 Å². The SMILES string of the molecule is O=c1c2ccccc2c2ccccc2n1CCCN1CCOCC1. The van der Waals surface area contributed by atoms with Crippen LogP contribution in [-0.4, -0.2) is 42.3 Å². The highest BCUT2D eigenvalue weighted by Gasteiger charge is 2.12. The number of rotatable bonds is 4. The average Bonchev–Trinajstić information content (AvgIpc) is 2.65. The molecule has 0 bridgehead atoms. The van der Waals surface area contributed by atoms with Gasteiger partial charge in [-0.3, -0.25) is 9.69 Å². The molecule has 1 fully saturated rings. The third kappa shape index (κ3) is 2.83. The van der Waals surface area contributed by atoms with Crippen molar-refractivity contribution in [2.45, 2.75) is 13.0 Å². The van der Waals surface area contributed by atoms with Crippen LogP contribution in [0.3, 0.4) is 0 Å². The van der Waals surface area contributed by atoms with Gasteiger partial charge in [0, 0.05) is 37.0 Å². The van der Waals surface area contributed by atoms with E-state index in [0.717, 1.165) is 67.5 Å².